The Balaban J connectivity index is 1.53. The van der Waals surface area contributed by atoms with Crippen LogP contribution in [0, 0.1) is 12.8 Å². The van der Waals surface area contributed by atoms with Gasteiger partial charge in [0.05, 0.1) is 10.4 Å². The van der Waals surface area contributed by atoms with Gasteiger partial charge >= 0.3 is 0 Å². The Bertz CT molecular complexity index is 684. The first kappa shape index (κ1) is 13.2. The lowest BCUT2D eigenvalue weighted by Gasteiger charge is -2.30. The third kappa shape index (κ3) is 2.45. The minimum atomic E-state index is -0.0290. The highest BCUT2D eigenvalue weighted by molar-refractivity contribution is 7.17. The highest BCUT2D eigenvalue weighted by Crippen LogP contribution is 2.27. The summed E-state index contributed by atoms with van der Waals surface area (Å²) in [6.07, 6.45) is 2.40. The average Bonchev–Trinajstić information content (AvgIpc) is 3.05. The number of aryl methyl sites for hydroxylation is 1. The molecule has 0 aromatic carbocycles. The summed E-state index contributed by atoms with van der Waals surface area (Å²) in [5, 5.41) is 6.34. The molecule has 2 saturated heterocycles. The van der Waals surface area contributed by atoms with E-state index in [-0.39, 0.29) is 11.9 Å². The highest BCUT2D eigenvalue weighted by Gasteiger charge is 2.33. The first-order valence-corrected chi connectivity index (χ1v) is 8.45. The van der Waals surface area contributed by atoms with E-state index in [1.165, 1.54) is 24.2 Å². The van der Waals surface area contributed by atoms with Gasteiger partial charge < -0.3 is 10.2 Å². The maximum absolute atomic E-state index is 12.5. The molecule has 1 amide bonds. The summed E-state index contributed by atoms with van der Waals surface area (Å²) < 4.78 is 1.17. The van der Waals surface area contributed by atoms with Crippen molar-refractivity contribution >= 4 is 27.3 Å². The van der Waals surface area contributed by atoms with Crippen molar-refractivity contribution in [1.29, 1.82) is 0 Å². The van der Waals surface area contributed by atoms with Crippen LogP contribution in [0.2, 0.25) is 0 Å². The molecule has 5 heteroatoms. The summed E-state index contributed by atoms with van der Waals surface area (Å²) in [4.78, 5) is 19.4. The molecule has 3 unspecified atom stereocenters. The van der Waals surface area contributed by atoms with E-state index in [9.17, 15) is 4.79 Å². The summed E-state index contributed by atoms with van der Waals surface area (Å²) in [7, 11) is 0. The third-order valence-corrected chi connectivity index (χ3v) is 5.68. The van der Waals surface area contributed by atoms with Crippen molar-refractivity contribution in [3.8, 4) is 0 Å². The molecular formula is C16H19N3OS. The molecule has 4 heterocycles. The number of amides is 1. The molecule has 1 N–H and O–H groups in total. The van der Waals surface area contributed by atoms with Crippen LogP contribution in [0.1, 0.15) is 29.0 Å². The predicted octanol–water partition coefficient (Wildman–Crippen LogP) is 2.43. The zero-order valence-corrected chi connectivity index (χ0v) is 12.9. The standard InChI is InChI=1S/C16H19N3OS/c1-10-15-12(3-5-21-15)7-14(17-10)16(20)18-13-6-11-2-4-19(8-11)9-13/h3,5,7,11,13H,2,4,6,8-9H2,1H3,(H,18,20). The maximum Gasteiger partial charge on any atom is 0.270 e. The molecule has 0 aliphatic carbocycles. The lowest BCUT2D eigenvalue weighted by Crippen LogP contribution is -2.47. The monoisotopic (exact) mass is 301 g/mol. The average molecular weight is 301 g/mol. The predicted molar refractivity (Wildman–Crippen MR) is 84.8 cm³/mol. The largest absolute Gasteiger partial charge is 0.347 e. The number of hydrogen-bond acceptors (Lipinski definition) is 4. The Hall–Kier alpha value is -1.46. The number of fused-ring (bicyclic) bond motifs is 3. The molecule has 0 radical (unpaired) electrons. The Morgan fingerprint density at radius 3 is 3.24 bits per heavy atom. The van der Waals surface area contributed by atoms with Gasteiger partial charge in [-0.05, 0) is 55.1 Å². The van der Waals surface area contributed by atoms with Crippen molar-refractivity contribution in [2.75, 3.05) is 19.6 Å². The minimum absolute atomic E-state index is 0.0290. The molecule has 21 heavy (non-hydrogen) atoms. The molecule has 0 saturated carbocycles. The van der Waals surface area contributed by atoms with Crippen molar-refractivity contribution < 1.29 is 4.79 Å². The van der Waals surface area contributed by atoms with Crippen molar-refractivity contribution in [1.82, 2.24) is 15.2 Å². The second-order valence-electron chi connectivity index (χ2n) is 6.25. The summed E-state index contributed by atoms with van der Waals surface area (Å²) in [6, 6.07) is 4.24. The first-order valence-electron chi connectivity index (χ1n) is 7.57. The van der Waals surface area contributed by atoms with Gasteiger partial charge in [0.15, 0.2) is 0 Å². The van der Waals surface area contributed by atoms with Crippen LogP contribution in [0.4, 0.5) is 0 Å². The smallest absolute Gasteiger partial charge is 0.270 e. The fourth-order valence-electron chi connectivity index (χ4n) is 3.68. The minimum Gasteiger partial charge on any atom is -0.347 e. The molecule has 2 aromatic heterocycles. The molecule has 110 valence electrons. The number of nitrogens with zero attached hydrogens (tertiary/aromatic N) is 2. The molecule has 3 atom stereocenters. The highest BCUT2D eigenvalue weighted by atomic mass is 32.1. The summed E-state index contributed by atoms with van der Waals surface area (Å²) in [5.74, 6) is 0.733. The van der Waals surface area contributed by atoms with E-state index >= 15 is 0 Å². The summed E-state index contributed by atoms with van der Waals surface area (Å²) in [5.41, 5.74) is 1.49. The van der Waals surface area contributed by atoms with Gasteiger partial charge in [-0.15, -0.1) is 11.3 Å². The Morgan fingerprint density at radius 2 is 2.38 bits per heavy atom. The van der Waals surface area contributed by atoms with Crippen LogP contribution < -0.4 is 5.32 Å². The number of carbonyl (C=O) groups is 1. The lowest BCUT2D eigenvalue weighted by atomic mass is 9.97. The summed E-state index contributed by atoms with van der Waals surface area (Å²) >= 11 is 1.68. The van der Waals surface area contributed by atoms with Crippen LogP contribution in [-0.4, -0.2) is 41.5 Å². The number of aromatic nitrogens is 1. The van der Waals surface area contributed by atoms with E-state index in [4.69, 9.17) is 0 Å². The van der Waals surface area contributed by atoms with Crippen molar-refractivity contribution in [3.05, 3.63) is 28.9 Å². The van der Waals surface area contributed by atoms with E-state index in [0.29, 0.717) is 5.69 Å². The number of thiophene rings is 1. The van der Waals surface area contributed by atoms with Crippen LogP contribution in [0.5, 0.6) is 0 Å². The number of nitrogens with one attached hydrogen (secondary N) is 1. The van der Waals surface area contributed by atoms with Crippen LogP contribution in [-0.2, 0) is 0 Å². The molecule has 2 fully saturated rings. The van der Waals surface area contributed by atoms with Crippen LogP contribution in [0.3, 0.4) is 0 Å². The molecule has 4 nitrogen and oxygen atoms in total. The lowest BCUT2D eigenvalue weighted by molar-refractivity contribution is 0.0904. The number of rotatable bonds is 2. The maximum atomic E-state index is 12.5. The fraction of sp³-hybridized carbons (Fsp3) is 0.500. The number of hydrogen-bond donors (Lipinski definition) is 1. The number of carbonyl (C=O) groups excluding carboxylic acids is 1. The van der Waals surface area contributed by atoms with Gasteiger partial charge in [0.25, 0.3) is 5.91 Å². The van der Waals surface area contributed by atoms with Gasteiger partial charge in [-0.2, -0.15) is 0 Å². The van der Waals surface area contributed by atoms with Crippen LogP contribution in [0.25, 0.3) is 10.1 Å². The van der Waals surface area contributed by atoms with Gasteiger partial charge in [0.2, 0.25) is 0 Å². The van der Waals surface area contributed by atoms with Crippen LogP contribution in [0.15, 0.2) is 17.5 Å². The molecule has 2 aliphatic rings. The van der Waals surface area contributed by atoms with Crippen LogP contribution >= 0.6 is 11.3 Å². The second kappa shape index (κ2) is 5.07. The number of piperidine rings is 1. The van der Waals surface area contributed by atoms with Gasteiger partial charge in [-0.3, -0.25) is 4.79 Å². The molecule has 2 aliphatic heterocycles. The fourth-order valence-corrected chi connectivity index (χ4v) is 4.51. The van der Waals surface area contributed by atoms with E-state index in [1.54, 1.807) is 11.3 Å². The molecule has 2 aromatic rings. The molecule has 2 bridgehead atoms. The van der Waals surface area contributed by atoms with Gasteiger partial charge in [-0.1, -0.05) is 0 Å². The Morgan fingerprint density at radius 1 is 1.48 bits per heavy atom. The van der Waals surface area contributed by atoms with Crippen molar-refractivity contribution in [2.24, 2.45) is 5.92 Å². The van der Waals surface area contributed by atoms with Gasteiger partial charge in [0, 0.05) is 19.1 Å². The summed E-state index contributed by atoms with van der Waals surface area (Å²) in [6.45, 7) is 5.37. The zero-order valence-electron chi connectivity index (χ0n) is 12.1. The Kier molecular flexibility index (Phi) is 3.19. The van der Waals surface area contributed by atoms with E-state index in [0.717, 1.165) is 30.0 Å². The zero-order chi connectivity index (χ0) is 14.4. The van der Waals surface area contributed by atoms with Gasteiger partial charge in [0.1, 0.15) is 5.69 Å². The van der Waals surface area contributed by atoms with Crippen molar-refractivity contribution in [2.45, 2.75) is 25.8 Å². The van der Waals surface area contributed by atoms with E-state index < -0.39 is 0 Å². The molecule has 4 rings (SSSR count). The molecular weight excluding hydrogens is 282 g/mol. The Labute approximate surface area is 128 Å². The van der Waals surface area contributed by atoms with E-state index in [1.807, 2.05) is 18.4 Å². The second-order valence-corrected chi connectivity index (χ2v) is 7.17. The van der Waals surface area contributed by atoms with Gasteiger partial charge in [-0.25, -0.2) is 4.98 Å². The first-order chi connectivity index (χ1) is 10.2. The quantitative estimate of drug-likeness (QED) is 0.926. The topological polar surface area (TPSA) is 45.2 Å². The number of pyridine rings is 1. The molecule has 0 spiro atoms. The SMILES string of the molecule is Cc1nc(C(=O)NC2CC3CCN(C3)C2)cc2ccsc12. The normalized spacial score (nSPS) is 28.0. The van der Waals surface area contributed by atoms with Crippen molar-refractivity contribution in [3.63, 3.8) is 0 Å². The third-order valence-electron chi connectivity index (χ3n) is 4.64. The van der Waals surface area contributed by atoms with E-state index in [2.05, 4.69) is 21.3 Å².